The number of carboxylic acid groups (broad SMARTS) is 4. The number of benzene rings is 2. The van der Waals surface area contributed by atoms with Gasteiger partial charge in [-0.3, -0.25) is 0 Å². The third-order valence-electron chi connectivity index (χ3n) is 2.96. The van der Waals surface area contributed by atoms with Gasteiger partial charge in [0.2, 0.25) is 0 Å². The minimum Gasteiger partial charge on any atom is -0.478 e. The Labute approximate surface area is 181 Å². The highest BCUT2D eigenvalue weighted by Gasteiger charge is 2.05. The highest BCUT2D eigenvalue weighted by molar-refractivity contribution is 5.92. The Balaban J connectivity index is 0. The molecule has 2 rings (SSSR count). The molecule has 0 saturated heterocycles. The molecule has 8 N–H and O–H groups in total. The predicted molar refractivity (Wildman–Crippen MR) is 109 cm³/mol. The molecule has 0 spiro atoms. The van der Waals surface area contributed by atoms with Crippen molar-refractivity contribution in [3.8, 4) is 0 Å². The summed E-state index contributed by atoms with van der Waals surface area (Å²) in [6.45, 7) is -0.500. The molecule has 0 aliphatic heterocycles. The lowest BCUT2D eigenvalue weighted by Gasteiger charge is -1.94. The van der Waals surface area contributed by atoms with Gasteiger partial charge >= 0.3 is 23.9 Å². The Morgan fingerprint density at radius 1 is 0.406 bits per heavy atom. The van der Waals surface area contributed by atoms with E-state index in [9.17, 15) is 19.2 Å². The van der Waals surface area contributed by atoms with Crippen molar-refractivity contribution in [1.82, 2.24) is 0 Å². The van der Waals surface area contributed by atoms with Crippen molar-refractivity contribution in [3.05, 3.63) is 70.8 Å². The second-order valence-electron chi connectivity index (χ2n) is 5.27. The van der Waals surface area contributed by atoms with Crippen molar-refractivity contribution in [2.45, 2.75) is 0 Å². The van der Waals surface area contributed by atoms with Crippen molar-refractivity contribution in [2.75, 3.05) is 26.4 Å². The summed E-state index contributed by atoms with van der Waals surface area (Å²) in [5.74, 6) is -4.25. The van der Waals surface area contributed by atoms with E-state index in [1.807, 2.05) is 0 Å². The minimum atomic E-state index is -1.06. The van der Waals surface area contributed by atoms with Crippen LogP contribution in [0.4, 0.5) is 0 Å². The van der Waals surface area contributed by atoms with Crippen LogP contribution in [0.2, 0.25) is 0 Å². The molecule has 32 heavy (non-hydrogen) atoms. The second-order valence-corrected chi connectivity index (χ2v) is 5.27. The fourth-order valence-electron chi connectivity index (χ4n) is 1.51. The average Bonchev–Trinajstić information content (AvgIpc) is 2.79. The molecule has 2 aromatic carbocycles. The predicted octanol–water partition coefficient (Wildman–Crippen LogP) is 0.108. The van der Waals surface area contributed by atoms with E-state index in [0.717, 1.165) is 0 Å². The van der Waals surface area contributed by atoms with Crippen LogP contribution in [0.25, 0.3) is 0 Å². The van der Waals surface area contributed by atoms with E-state index in [1.54, 1.807) is 0 Å². The number of hydrogen-bond acceptors (Lipinski definition) is 8. The van der Waals surface area contributed by atoms with Crippen molar-refractivity contribution in [3.63, 3.8) is 0 Å². The van der Waals surface area contributed by atoms with Gasteiger partial charge in [0.05, 0.1) is 48.7 Å². The summed E-state index contributed by atoms with van der Waals surface area (Å²) in [7, 11) is 0. The molecule has 0 heterocycles. The maximum Gasteiger partial charge on any atom is 0.335 e. The average molecular weight is 456 g/mol. The van der Waals surface area contributed by atoms with Gasteiger partial charge in [-0.25, -0.2) is 19.2 Å². The third kappa shape index (κ3) is 14.2. The van der Waals surface area contributed by atoms with Crippen molar-refractivity contribution >= 4 is 23.9 Å². The summed E-state index contributed by atoms with van der Waals surface area (Å²) in [6, 6.07) is 10.0. The number of aliphatic hydroxyl groups is 4. The Morgan fingerprint density at radius 3 is 0.594 bits per heavy atom. The first-order chi connectivity index (χ1) is 15.0. The Bertz CT molecular complexity index is 687. The van der Waals surface area contributed by atoms with Crippen molar-refractivity contribution in [1.29, 1.82) is 0 Å². The number of carbonyl (C=O) groups is 4. The van der Waals surface area contributed by atoms with Crippen LogP contribution in [-0.2, 0) is 0 Å². The van der Waals surface area contributed by atoms with E-state index in [2.05, 4.69) is 0 Å². The summed E-state index contributed by atoms with van der Waals surface area (Å²) in [5, 5.41) is 64.4. The molecule has 0 radical (unpaired) electrons. The molecule has 0 bridgehead atoms. The van der Waals surface area contributed by atoms with E-state index in [4.69, 9.17) is 40.9 Å². The number of aromatic carboxylic acids is 4. The lowest BCUT2D eigenvalue weighted by molar-refractivity contribution is 0.0681. The first-order valence-electron chi connectivity index (χ1n) is 8.62. The fourth-order valence-corrected chi connectivity index (χ4v) is 1.51. The first kappa shape index (κ1) is 30.4. The molecule has 0 fully saturated rings. The van der Waals surface area contributed by atoms with Crippen molar-refractivity contribution < 1.29 is 60.0 Å². The smallest absolute Gasteiger partial charge is 0.335 e. The SMILES string of the molecule is O=C(O)c1ccc(C(=O)O)cc1.O=C(O)c1ccc(C(=O)O)cc1.OCCO.OCCO. The van der Waals surface area contributed by atoms with Crippen LogP contribution in [0.15, 0.2) is 48.5 Å². The Kier molecular flexibility index (Phi) is 17.0. The zero-order valence-corrected chi connectivity index (χ0v) is 16.7. The van der Waals surface area contributed by atoms with Gasteiger partial charge in [-0.05, 0) is 48.5 Å². The summed E-state index contributed by atoms with van der Waals surface area (Å²) >= 11 is 0. The number of hydrogen-bond donors (Lipinski definition) is 8. The Morgan fingerprint density at radius 2 is 0.531 bits per heavy atom. The summed E-state index contributed by atoms with van der Waals surface area (Å²) in [4.78, 5) is 41.3. The van der Waals surface area contributed by atoms with E-state index < -0.39 is 23.9 Å². The van der Waals surface area contributed by atoms with E-state index in [-0.39, 0.29) is 48.7 Å². The van der Waals surface area contributed by atoms with Gasteiger partial charge in [0.1, 0.15) is 0 Å². The summed E-state index contributed by atoms with van der Waals surface area (Å²) < 4.78 is 0. The standard InChI is InChI=1S/2C8H6O4.2C2H6O2/c2*9-7(10)5-1-2-6(4-3-5)8(11)12;2*3-1-2-4/h2*1-4H,(H,9,10)(H,11,12);2*3-4H,1-2H2. The lowest BCUT2D eigenvalue weighted by atomic mass is 10.1. The van der Waals surface area contributed by atoms with Crippen LogP contribution >= 0.6 is 0 Å². The van der Waals surface area contributed by atoms with E-state index >= 15 is 0 Å². The molecule has 0 saturated carbocycles. The van der Waals surface area contributed by atoms with Crippen molar-refractivity contribution in [2.24, 2.45) is 0 Å². The molecule has 0 aromatic heterocycles. The maximum atomic E-state index is 10.3. The summed E-state index contributed by atoms with van der Waals surface area (Å²) in [6.07, 6.45) is 0. The molecule has 176 valence electrons. The number of rotatable bonds is 6. The van der Waals surface area contributed by atoms with Gasteiger partial charge in [0, 0.05) is 0 Å². The van der Waals surface area contributed by atoms with Crippen LogP contribution in [0.1, 0.15) is 41.4 Å². The zero-order chi connectivity index (χ0) is 25.1. The number of aliphatic hydroxyl groups excluding tert-OH is 4. The monoisotopic (exact) mass is 456 g/mol. The zero-order valence-electron chi connectivity index (χ0n) is 16.7. The molecule has 0 aliphatic rings. The highest BCUT2D eigenvalue weighted by atomic mass is 16.4. The lowest BCUT2D eigenvalue weighted by Crippen LogP contribution is -1.99. The van der Waals surface area contributed by atoms with E-state index in [1.165, 1.54) is 48.5 Å². The van der Waals surface area contributed by atoms with Gasteiger partial charge in [0.25, 0.3) is 0 Å². The van der Waals surface area contributed by atoms with Gasteiger partial charge in [-0.15, -0.1) is 0 Å². The molecule has 0 amide bonds. The van der Waals surface area contributed by atoms with E-state index in [0.29, 0.717) is 0 Å². The molecule has 12 nitrogen and oxygen atoms in total. The fraction of sp³-hybridized carbons (Fsp3) is 0.200. The molecule has 0 unspecified atom stereocenters. The molecular weight excluding hydrogens is 432 g/mol. The molecule has 2 aromatic rings. The van der Waals surface area contributed by atoms with Crippen LogP contribution < -0.4 is 0 Å². The van der Waals surface area contributed by atoms with Crippen LogP contribution in [-0.4, -0.2) is 91.2 Å². The molecule has 12 heteroatoms. The molecular formula is C20H24O12. The minimum absolute atomic E-state index is 0.0833. The molecule has 0 atom stereocenters. The normalized spacial score (nSPS) is 8.88. The van der Waals surface area contributed by atoms with Gasteiger partial charge < -0.3 is 40.9 Å². The second kappa shape index (κ2) is 18.0. The van der Waals surface area contributed by atoms with Crippen LogP contribution in [0, 0.1) is 0 Å². The number of carboxylic acids is 4. The Hall–Kier alpha value is -3.84. The largest absolute Gasteiger partial charge is 0.478 e. The third-order valence-corrected chi connectivity index (χ3v) is 2.96. The van der Waals surface area contributed by atoms with Gasteiger partial charge in [0.15, 0.2) is 0 Å². The van der Waals surface area contributed by atoms with Gasteiger partial charge in [-0.1, -0.05) is 0 Å². The quantitative estimate of drug-likeness (QED) is 0.289. The summed E-state index contributed by atoms with van der Waals surface area (Å²) in [5.41, 5.74) is 0.333. The molecule has 0 aliphatic carbocycles. The highest BCUT2D eigenvalue weighted by Crippen LogP contribution is 2.04. The topological polar surface area (TPSA) is 230 Å². The van der Waals surface area contributed by atoms with Crippen LogP contribution in [0.5, 0.6) is 0 Å². The van der Waals surface area contributed by atoms with Gasteiger partial charge in [-0.2, -0.15) is 0 Å². The first-order valence-corrected chi connectivity index (χ1v) is 8.62. The van der Waals surface area contributed by atoms with Crippen LogP contribution in [0.3, 0.4) is 0 Å². The maximum absolute atomic E-state index is 10.3.